The second-order valence-electron chi connectivity index (χ2n) is 7.63. The predicted octanol–water partition coefficient (Wildman–Crippen LogP) is 6.44. The number of fused-ring (bicyclic) bond motifs is 1. The summed E-state index contributed by atoms with van der Waals surface area (Å²) >= 11 is 0. The first-order valence-corrected chi connectivity index (χ1v) is 9.44. The number of hydrogen-bond donors (Lipinski definition) is 0. The minimum absolute atomic E-state index is 0.0886. The van der Waals surface area contributed by atoms with Crippen molar-refractivity contribution in [1.29, 1.82) is 0 Å². The van der Waals surface area contributed by atoms with Crippen LogP contribution in [-0.2, 0) is 5.41 Å². The first-order chi connectivity index (χ1) is 12.5. The first-order valence-electron chi connectivity index (χ1n) is 9.44. The van der Waals surface area contributed by atoms with Crippen molar-refractivity contribution in [1.82, 2.24) is 0 Å². The maximum atomic E-state index is 2.44. The SMILES string of the molecule is CC[N+]1=C(C)C(C)(C)c2cc(-c3ccc(-c4ccccc4)cc3)ccc21. The van der Waals surface area contributed by atoms with Crippen LogP contribution in [0.5, 0.6) is 0 Å². The van der Waals surface area contributed by atoms with Crippen LogP contribution in [0.2, 0.25) is 0 Å². The largest absolute Gasteiger partial charge is 0.209 e. The van der Waals surface area contributed by atoms with Gasteiger partial charge in [0, 0.05) is 18.6 Å². The van der Waals surface area contributed by atoms with E-state index in [0.717, 1.165) is 6.54 Å². The van der Waals surface area contributed by atoms with Crippen LogP contribution in [0, 0.1) is 0 Å². The number of rotatable bonds is 3. The summed E-state index contributed by atoms with van der Waals surface area (Å²) in [6.45, 7) is 10.2. The predicted molar refractivity (Wildman–Crippen MR) is 111 cm³/mol. The van der Waals surface area contributed by atoms with Crippen LogP contribution in [0.15, 0.2) is 72.8 Å². The van der Waals surface area contributed by atoms with Crippen LogP contribution in [0.4, 0.5) is 5.69 Å². The highest BCUT2D eigenvalue weighted by molar-refractivity contribution is 5.94. The van der Waals surface area contributed by atoms with E-state index in [2.05, 4.69) is 105 Å². The average molecular weight is 340 g/mol. The van der Waals surface area contributed by atoms with Crippen LogP contribution in [0.25, 0.3) is 22.3 Å². The highest BCUT2D eigenvalue weighted by atomic mass is 15.0. The summed E-state index contributed by atoms with van der Waals surface area (Å²) in [5.74, 6) is 0. The molecule has 0 N–H and O–H groups in total. The molecule has 0 saturated carbocycles. The van der Waals surface area contributed by atoms with Gasteiger partial charge < -0.3 is 0 Å². The third-order valence-electron chi connectivity index (χ3n) is 5.91. The van der Waals surface area contributed by atoms with Gasteiger partial charge in [-0.3, -0.25) is 0 Å². The van der Waals surface area contributed by atoms with Gasteiger partial charge in [0.05, 0.1) is 5.41 Å². The molecule has 1 aliphatic heterocycles. The van der Waals surface area contributed by atoms with E-state index in [-0.39, 0.29) is 5.41 Å². The van der Waals surface area contributed by atoms with Crippen molar-refractivity contribution in [3.8, 4) is 22.3 Å². The Morgan fingerprint density at radius 3 is 1.88 bits per heavy atom. The molecule has 0 saturated heterocycles. The number of nitrogens with zero attached hydrogens (tertiary/aromatic N) is 1. The van der Waals surface area contributed by atoms with E-state index in [4.69, 9.17) is 0 Å². The summed E-state index contributed by atoms with van der Waals surface area (Å²) < 4.78 is 2.44. The Morgan fingerprint density at radius 2 is 1.27 bits per heavy atom. The minimum atomic E-state index is 0.0886. The highest BCUT2D eigenvalue weighted by Crippen LogP contribution is 2.41. The summed E-state index contributed by atoms with van der Waals surface area (Å²) in [5, 5.41) is 0. The van der Waals surface area contributed by atoms with Gasteiger partial charge in [0.1, 0.15) is 6.54 Å². The van der Waals surface area contributed by atoms with Crippen LogP contribution < -0.4 is 0 Å². The zero-order valence-corrected chi connectivity index (χ0v) is 16.1. The Hall–Kier alpha value is -2.67. The van der Waals surface area contributed by atoms with Crippen molar-refractivity contribution in [2.75, 3.05) is 6.54 Å². The lowest BCUT2D eigenvalue weighted by molar-refractivity contribution is -0.434. The molecular weight excluding hydrogens is 314 g/mol. The molecule has 4 rings (SSSR count). The Bertz CT molecular complexity index is 976. The molecule has 26 heavy (non-hydrogen) atoms. The van der Waals surface area contributed by atoms with Gasteiger partial charge in [0.2, 0.25) is 5.69 Å². The summed E-state index contributed by atoms with van der Waals surface area (Å²) in [4.78, 5) is 0. The molecule has 0 spiro atoms. The molecule has 1 aliphatic rings. The summed E-state index contributed by atoms with van der Waals surface area (Å²) in [6.07, 6.45) is 0. The molecule has 0 fully saturated rings. The quantitative estimate of drug-likeness (QED) is 0.483. The van der Waals surface area contributed by atoms with Gasteiger partial charge in [0.15, 0.2) is 5.71 Å². The standard InChI is InChI=1S/C25H26N/c1-5-26-18(2)25(3,4)23-17-22(15-16-24(23)26)21-13-11-20(12-14-21)19-9-7-6-8-10-19/h6-17H,5H2,1-4H3/q+1. The van der Waals surface area contributed by atoms with Crippen molar-refractivity contribution < 1.29 is 4.58 Å². The second-order valence-corrected chi connectivity index (χ2v) is 7.63. The molecule has 0 aromatic heterocycles. The van der Waals surface area contributed by atoms with E-state index in [1.54, 1.807) is 0 Å². The van der Waals surface area contributed by atoms with Gasteiger partial charge in [-0.25, -0.2) is 0 Å². The van der Waals surface area contributed by atoms with E-state index >= 15 is 0 Å². The maximum Gasteiger partial charge on any atom is 0.209 e. The fraction of sp³-hybridized carbons (Fsp3) is 0.240. The highest BCUT2D eigenvalue weighted by Gasteiger charge is 2.42. The molecule has 130 valence electrons. The average Bonchev–Trinajstić information content (AvgIpc) is 2.88. The number of hydrogen-bond acceptors (Lipinski definition) is 0. The van der Waals surface area contributed by atoms with Crippen LogP contribution in [0.1, 0.15) is 33.3 Å². The fourth-order valence-corrected chi connectivity index (χ4v) is 4.06. The normalized spacial score (nSPS) is 15.2. The maximum absolute atomic E-state index is 2.44. The van der Waals surface area contributed by atoms with E-state index in [1.807, 2.05) is 0 Å². The van der Waals surface area contributed by atoms with E-state index < -0.39 is 0 Å². The molecular formula is C25H26N+. The molecule has 1 nitrogen and oxygen atoms in total. The molecule has 0 atom stereocenters. The smallest absolute Gasteiger partial charge is 0.199 e. The summed E-state index contributed by atoms with van der Waals surface area (Å²) in [7, 11) is 0. The zero-order chi connectivity index (χ0) is 18.3. The van der Waals surface area contributed by atoms with Gasteiger partial charge in [-0.15, -0.1) is 0 Å². The third kappa shape index (κ3) is 2.59. The van der Waals surface area contributed by atoms with Gasteiger partial charge >= 0.3 is 0 Å². The monoisotopic (exact) mass is 340 g/mol. The lowest BCUT2D eigenvalue weighted by Crippen LogP contribution is -2.26. The molecule has 0 amide bonds. The van der Waals surface area contributed by atoms with Gasteiger partial charge in [0.25, 0.3) is 0 Å². The molecule has 1 heterocycles. The lowest BCUT2D eigenvalue weighted by atomic mass is 9.81. The molecule has 0 radical (unpaired) electrons. The molecule has 0 unspecified atom stereocenters. The number of benzene rings is 3. The minimum Gasteiger partial charge on any atom is -0.199 e. The van der Waals surface area contributed by atoms with E-state index in [9.17, 15) is 0 Å². The van der Waals surface area contributed by atoms with Crippen LogP contribution in [-0.4, -0.2) is 16.8 Å². The summed E-state index contributed by atoms with van der Waals surface area (Å²) in [6, 6.07) is 26.4. The van der Waals surface area contributed by atoms with Gasteiger partial charge in [-0.2, -0.15) is 4.58 Å². The molecule has 0 aliphatic carbocycles. The molecule has 1 heteroatoms. The van der Waals surface area contributed by atoms with Crippen molar-refractivity contribution in [3.63, 3.8) is 0 Å². The van der Waals surface area contributed by atoms with Crippen LogP contribution >= 0.6 is 0 Å². The Kier molecular flexibility index (Phi) is 4.03. The molecule has 3 aromatic carbocycles. The second kappa shape index (κ2) is 6.25. The van der Waals surface area contributed by atoms with E-state index in [0.29, 0.717) is 0 Å². The Labute approximate surface area is 156 Å². The zero-order valence-electron chi connectivity index (χ0n) is 16.1. The Morgan fingerprint density at radius 1 is 0.731 bits per heavy atom. The van der Waals surface area contributed by atoms with Crippen molar-refractivity contribution >= 4 is 11.4 Å². The topological polar surface area (TPSA) is 3.01 Å². The van der Waals surface area contributed by atoms with Gasteiger partial charge in [-0.05, 0) is 55.2 Å². The molecule has 0 bridgehead atoms. The fourth-order valence-electron chi connectivity index (χ4n) is 4.06. The van der Waals surface area contributed by atoms with Gasteiger partial charge in [-0.1, -0.05) is 54.6 Å². The third-order valence-corrected chi connectivity index (χ3v) is 5.91. The molecule has 3 aromatic rings. The van der Waals surface area contributed by atoms with Crippen molar-refractivity contribution in [3.05, 3.63) is 78.4 Å². The van der Waals surface area contributed by atoms with E-state index in [1.165, 1.54) is 39.2 Å². The van der Waals surface area contributed by atoms with Crippen molar-refractivity contribution in [2.45, 2.75) is 33.1 Å². The summed E-state index contributed by atoms with van der Waals surface area (Å²) in [5.41, 5.74) is 9.41. The van der Waals surface area contributed by atoms with Crippen molar-refractivity contribution in [2.24, 2.45) is 0 Å². The van der Waals surface area contributed by atoms with Crippen LogP contribution in [0.3, 0.4) is 0 Å². The Balaban J connectivity index is 1.72. The lowest BCUT2D eigenvalue weighted by Gasteiger charge is -2.16. The first kappa shape index (κ1) is 16.8.